The summed E-state index contributed by atoms with van der Waals surface area (Å²) in [5.41, 5.74) is 0.732. The number of carbonyl (C=O) groups is 2. The average molecular weight is 366 g/mol. The molecule has 1 aromatic heterocycles. The van der Waals surface area contributed by atoms with Crippen molar-refractivity contribution >= 4 is 35.2 Å². The minimum Gasteiger partial charge on any atom is -0.466 e. The molecule has 0 radical (unpaired) electrons. The van der Waals surface area contributed by atoms with Crippen LogP contribution >= 0.6 is 23.4 Å². The summed E-state index contributed by atoms with van der Waals surface area (Å²) < 4.78 is 10.8. The van der Waals surface area contributed by atoms with E-state index in [0.717, 1.165) is 5.56 Å². The van der Waals surface area contributed by atoms with Gasteiger partial charge in [-0.25, -0.2) is 4.79 Å². The number of hydrogen-bond donors (Lipinski definition) is 0. The van der Waals surface area contributed by atoms with Crippen molar-refractivity contribution in [3.63, 3.8) is 0 Å². The van der Waals surface area contributed by atoms with Gasteiger partial charge in [0, 0.05) is 23.3 Å². The third-order valence-corrected chi connectivity index (χ3v) is 5.40. The second kappa shape index (κ2) is 7.32. The first kappa shape index (κ1) is 16.9. The summed E-state index contributed by atoms with van der Waals surface area (Å²) in [6, 6.07) is 10.1. The smallest absolute Gasteiger partial charge is 0.330 e. The molecule has 3 rings (SSSR count). The minimum atomic E-state index is -0.634. The van der Waals surface area contributed by atoms with Gasteiger partial charge in [0.15, 0.2) is 0 Å². The number of furan rings is 1. The van der Waals surface area contributed by atoms with Gasteiger partial charge >= 0.3 is 5.97 Å². The van der Waals surface area contributed by atoms with Gasteiger partial charge < -0.3 is 14.1 Å². The monoisotopic (exact) mass is 365 g/mol. The predicted molar refractivity (Wildman–Crippen MR) is 91.5 cm³/mol. The second-order valence-corrected chi connectivity index (χ2v) is 6.86. The molecule has 1 aromatic carbocycles. The van der Waals surface area contributed by atoms with Crippen LogP contribution in [0, 0.1) is 0 Å². The number of halogens is 1. The largest absolute Gasteiger partial charge is 0.466 e. The van der Waals surface area contributed by atoms with Crippen LogP contribution in [0.4, 0.5) is 0 Å². The zero-order chi connectivity index (χ0) is 17.1. The Bertz CT molecular complexity index is 734. The summed E-state index contributed by atoms with van der Waals surface area (Å²) >= 11 is 7.55. The Labute approximate surface area is 148 Å². The van der Waals surface area contributed by atoms with Crippen molar-refractivity contribution in [2.24, 2.45) is 0 Å². The van der Waals surface area contributed by atoms with Gasteiger partial charge in [0.1, 0.15) is 23.8 Å². The van der Waals surface area contributed by atoms with Gasteiger partial charge in [-0.3, -0.25) is 4.79 Å². The molecular weight excluding hydrogens is 350 g/mol. The number of thioether (sulfide) groups is 1. The summed E-state index contributed by atoms with van der Waals surface area (Å²) in [5.74, 6) is 0.483. The zero-order valence-electron chi connectivity index (χ0n) is 13.0. The molecule has 1 saturated heterocycles. The first-order valence-electron chi connectivity index (χ1n) is 7.42. The highest BCUT2D eigenvalue weighted by Gasteiger charge is 2.43. The molecule has 0 unspecified atom stereocenters. The number of ether oxygens (including phenoxy) is 1. The van der Waals surface area contributed by atoms with Crippen molar-refractivity contribution in [2.45, 2.75) is 24.9 Å². The van der Waals surface area contributed by atoms with Gasteiger partial charge in [-0.15, -0.1) is 11.8 Å². The number of amides is 1. The molecule has 5 nitrogen and oxygen atoms in total. The van der Waals surface area contributed by atoms with Crippen LogP contribution in [0.2, 0.25) is 5.02 Å². The lowest BCUT2D eigenvalue weighted by molar-refractivity contribution is -0.154. The zero-order valence-corrected chi connectivity index (χ0v) is 14.5. The third-order valence-electron chi connectivity index (χ3n) is 3.75. The molecule has 7 heteroatoms. The number of nitrogens with zero attached hydrogens (tertiary/aromatic N) is 1. The van der Waals surface area contributed by atoms with E-state index in [9.17, 15) is 9.59 Å². The van der Waals surface area contributed by atoms with Crippen LogP contribution in [0.5, 0.6) is 0 Å². The SMILES string of the molecule is CC(=O)N1[C@@H](C(=O)OCc2ccccc2Cl)CS[C@@H]1c1ccco1. The second-order valence-electron chi connectivity index (χ2n) is 5.34. The molecule has 0 saturated carbocycles. The molecule has 1 aliphatic rings. The summed E-state index contributed by atoms with van der Waals surface area (Å²) in [4.78, 5) is 26.0. The highest BCUT2D eigenvalue weighted by molar-refractivity contribution is 7.99. The molecule has 0 aliphatic carbocycles. The molecule has 126 valence electrons. The molecule has 1 aliphatic heterocycles. The van der Waals surface area contributed by atoms with Crippen molar-refractivity contribution < 1.29 is 18.7 Å². The highest BCUT2D eigenvalue weighted by atomic mass is 35.5. The average Bonchev–Trinajstić information content (AvgIpc) is 3.22. The third kappa shape index (κ3) is 3.44. The maximum atomic E-state index is 12.5. The lowest BCUT2D eigenvalue weighted by Crippen LogP contribution is -2.42. The van der Waals surface area contributed by atoms with E-state index in [2.05, 4.69) is 0 Å². The van der Waals surface area contributed by atoms with Crippen molar-refractivity contribution in [1.29, 1.82) is 0 Å². The lowest BCUT2D eigenvalue weighted by Gasteiger charge is -2.25. The van der Waals surface area contributed by atoms with Crippen molar-refractivity contribution in [3.05, 3.63) is 59.0 Å². The van der Waals surface area contributed by atoms with Crippen molar-refractivity contribution in [3.8, 4) is 0 Å². The number of esters is 1. The van der Waals surface area contributed by atoms with Crippen LogP contribution in [0.1, 0.15) is 23.6 Å². The van der Waals surface area contributed by atoms with E-state index in [0.29, 0.717) is 16.5 Å². The van der Waals surface area contributed by atoms with Gasteiger partial charge in [-0.05, 0) is 18.2 Å². The Morgan fingerprint density at radius 3 is 2.79 bits per heavy atom. The van der Waals surface area contributed by atoms with E-state index in [1.165, 1.54) is 23.6 Å². The lowest BCUT2D eigenvalue weighted by atomic mass is 10.2. The first-order chi connectivity index (χ1) is 11.6. The fraction of sp³-hybridized carbons (Fsp3) is 0.294. The molecule has 0 N–H and O–H groups in total. The maximum absolute atomic E-state index is 12.5. The summed E-state index contributed by atoms with van der Waals surface area (Å²) in [6.45, 7) is 1.52. The fourth-order valence-corrected chi connectivity index (χ4v) is 4.19. The van der Waals surface area contributed by atoms with Gasteiger partial charge in [-0.2, -0.15) is 0 Å². The Balaban J connectivity index is 1.70. The standard InChI is InChI=1S/C17H16ClNO4S/c1-11(20)19-14(10-24-16(19)15-7-4-8-22-15)17(21)23-9-12-5-2-3-6-13(12)18/h2-8,14,16H,9-10H2,1H3/t14-,16-/m1/s1. The summed E-state index contributed by atoms with van der Waals surface area (Å²) in [5, 5.41) is 0.235. The topological polar surface area (TPSA) is 59.8 Å². The maximum Gasteiger partial charge on any atom is 0.330 e. The van der Waals surface area contributed by atoms with Crippen LogP contribution in [0.25, 0.3) is 0 Å². The first-order valence-corrected chi connectivity index (χ1v) is 8.84. The van der Waals surface area contributed by atoms with Crippen molar-refractivity contribution in [2.75, 3.05) is 5.75 Å². The molecule has 0 spiro atoms. The van der Waals surface area contributed by atoms with E-state index in [-0.39, 0.29) is 17.9 Å². The molecule has 24 heavy (non-hydrogen) atoms. The van der Waals surface area contributed by atoms with E-state index >= 15 is 0 Å². The van der Waals surface area contributed by atoms with Crippen LogP contribution in [0.15, 0.2) is 47.1 Å². The summed E-state index contributed by atoms with van der Waals surface area (Å²) in [7, 11) is 0. The molecule has 2 aromatic rings. The van der Waals surface area contributed by atoms with E-state index in [1.54, 1.807) is 30.5 Å². The number of carbonyl (C=O) groups excluding carboxylic acids is 2. The van der Waals surface area contributed by atoms with Gasteiger partial charge in [0.2, 0.25) is 5.91 Å². The molecular formula is C17H16ClNO4S. The number of hydrogen-bond acceptors (Lipinski definition) is 5. The van der Waals surface area contributed by atoms with E-state index in [4.69, 9.17) is 20.8 Å². The quantitative estimate of drug-likeness (QED) is 0.774. The van der Waals surface area contributed by atoms with Crippen LogP contribution < -0.4 is 0 Å². The Morgan fingerprint density at radius 2 is 2.12 bits per heavy atom. The van der Waals surface area contributed by atoms with Gasteiger partial charge in [-0.1, -0.05) is 29.8 Å². The number of benzene rings is 1. The van der Waals surface area contributed by atoms with Crippen LogP contribution in [-0.2, 0) is 20.9 Å². The molecule has 1 amide bonds. The summed E-state index contributed by atoms with van der Waals surface area (Å²) in [6.07, 6.45) is 1.55. The normalized spacial score (nSPS) is 20.2. The highest BCUT2D eigenvalue weighted by Crippen LogP contribution is 2.41. The Hall–Kier alpha value is -1.92. The molecule has 2 heterocycles. The number of rotatable bonds is 4. The molecule has 2 atom stereocenters. The van der Waals surface area contributed by atoms with E-state index in [1.807, 2.05) is 12.1 Å². The Morgan fingerprint density at radius 1 is 1.33 bits per heavy atom. The van der Waals surface area contributed by atoms with Gasteiger partial charge in [0.25, 0.3) is 0 Å². The van der Waals surface area contributed by atoms with Crippen LogP contribution in [0.3, 0.4) is 0 Å². The predicted octanol–water partition coefficient (Wildman–Crippen LogP) is 3.64. The Kier molecular flexibility index (Phi) is 5.16. The fourth-order valence-electron chi connectivity index (χ4n) is 2.58. The molecule has 1 fully saturated rings. The van der Waals surface area contributed by atoms with Crippen molar-refractivity contribution in [1.82, 2.24) is 4.90 Å². The van der Waals surface area contributed by atoms with Crippen LogP contribution in [-0.4, -0.2) is 28.6 Å². The van der Waals surface area contributed by atoms with Gasteiger partial charge in [0.05, 0.1) is 6.26 Å². The molecule has 0 bridgehead atoms. The minimum absolute atomic E-state index is 0.0802. The van der Waals surface area contributed by atoms with E-state index < -0.39 is 12.0 Å².